The van der Waals surface area contributed by atoms with Gasteiger partial charge in [0.1, 0.15) is 10.8 Å². The van der Waals surface area contributed by atoms with E-state index in [1.165, 1.54) is 17.4 Å². The van der Waals surface area contributed by atoms with Crippen LogP contribution in [0, 0.1) is 12.7 Å². The standard InChI is InChI=1S/C22H22FN3OS/c1-15-7-6-10-19(20(15)22(27)26-11-4-5-12-26)24-13-16-14-28-21(25-16)17-8-2-3-9-18(17)23/h2-3,6-10,14,24H,4-5,11-13H2,1H3. The second kappa shape index (κ2) is 8.10. The summed E-state index contributed by atoms with van der Waals surface area (Å²) in [5.74, 6) is -0.183. The maximum absolute atomic E-state index is 14.0. The van der Waals surface area contributed by atoms with Crippen LogP contribution in [-0.2, 0) is 6.54 Å². The van der Waals surface area contributed by atoms with Crippen molar-refractivity contribution < 1.29 is 9.18 Å². The number of hydrogen-bond acceptors (Lipinski definition) is 4. The molecular weight excluding hydrogens is 373 g/mol. The Labute approximate surface area is 168 Å². The van der Waals surface area contributed by atoms with E-state index >= 15 is 0 Å². The van der Waals surface area contributed by atoms with Gasteiger partial charge in [-0.25, -0.2) is 9.37 Å². The third-order valence-corrected chi connectivity index (χ3v) is 5.92. The number of likely N-dealkylation sites (tertiary alicyclic amines) is 1. The summed E-state index contributed by atoms with van der Waals surface area (Å²) in [7, 11) is 0. The highest BCUT2D eigenvalue weighted by Gasteiger charge is 2.23. The predicted octanol–water partition coefficient (Wildman–Crippen LogP) is 5.11. The van der Waals surface area contributed by atoms with Crippen LogP contribution >= 0.6 is 11.3 Å². The Kier molecular flexibility index (Phi) is 5.39. The highest BCUT2D eigenvalue weighted by Crippen LogP contribution is 2.28. The van der Waals surface area contributed by atoms with Gasteiger partial charge in [-0.1, -0.05) is 24.3 Å². The minimum atomic E-state index is -0.270. The molecule has 1 aromatic heterocycles. The molecule has 2 heterocycles. The van der Waals surface area contributed by atoms with Gasteiger partial charge in [-0.05, 0) is 43.5 Å². The zero-order valence-electron chi connectivity index (χ0n) is 15.7. The lowest BCUT2D eigenvalue weighted by Crippen LogP contribution is -2.29. The van der Waals surface area contributed by atoms with Gasteiger partial charge in [0.25, 0.3) is 5.91 Å². The van der Waals surface area contributed by atoms with E-state index in [9.17, 15) is 9.18 Å². The van der Waals surface area contributed by atoms with Gasteiger partial charge in [-0.15, -0.1) is 11.3 Å². The molecule has 1 amide bonds. The number of thiazole rings is 1. The van der Waals surface area contributed by atoms with Crippen molar-refractivity contribution in [3.05, 3.63) is 70.5 Å². The van der Waals surface area contributed by atoms with E-state index in [4.69, 9.17) is 0 Å². The molecule has 1 aliphatic rings. The van der Waals surface area contributed by atoms with Crippen LogP contribution in [0.3, 0.4) is 0 Å². The topological polar surface area (TPSA) is 45.2 Å². The van der Waals surface area contributed by atoms with E-state index < -0.39 is 0 Å². The van der Waals surface area contributed by atoms with Gasteiger partial charge < -0.3 is 10.2 Å². The third kappa shape index (κ3) is 3.78. The first-order valence-corrected chi connectivity index (χ1v) is 10.3. The van der Waals surface area contributed by atoms with E-state index in [0.717, 1.165) is 48.4 Å². The van der Waals surface area contributed by atoms with Crippen LogP contribution in [0.4, 0.5) is 10.1 Å². The van der Waals surface area contributed by atoms with Crippen molar-refractivity contribution in [1.82, 2.24) is 9.88 Å². The number of aryl methyl sites for hydroxylation is 1. The molecule has 1 N–H and O–H groups in total. The number of hydrogen-bond donors (Lipinski definition) is 1. The Bertz CT molecular complexity index is 995. The third-order valence-electron chi connectivity index (χ3n) is 5.00. The summed E-state index contributed by atoms with van der Waals surface area (Å²) < 4.78 is 14.0. The molecule has 0 radical (unpaired) electrons. The number of rotatable bonds is 5. The minimum absolute atomic E-state index is 0.0865. The highest BCUT2D eigenvalue weighted by atomic mass is 32.1. The normalized spacial score (nSPS) is 13.7. The van der Waals surface area contributed by atoms with Crippen LogP contribution in [0.25, 0.3) is 10.6 Å². The van der Waals surface area contributed by atoms with Gasteiger partial charge in [-0.3, -0.25) is 4.79 Å². The van der Waals surface area contributed by atoms with E-state index in [1.54, 1.807) is 18.2 Å². The summed E-state index contributed by atoms with van der Waals surface area (Å²) in [6, 6.07) is 12.5. The zero-order chi connectivity index (χ0) is 19.5. The van der Waals surface area contributed by atoms with Crippen LogP contribution < -0.4 is 5.32 Å². The SMILES string of the molecule is Cc1cccc(NCc2csc(-c3ccccc3F)n2)c1C(=O)N1CCCC1. The second-order valence-electron chi connectivity index (χ2n) is 6.97. The first-order valence-electron chi connectivity index (χ1n) is 9.45. The summed E-state index contributed by atoms with van der Waals surface area (Å²) in [5.41, 5.74) is 3.85. The maximum atomic E-state index is 14.0. The Morgan fingerprint density at radius 3 is 2.75 bits per heavy atom. The van der Waals surface area contributed by atoms with Gasteiger partial charge >= 0.3 is 0 Å². The number of carbonyl (C=O) groups excluding carboxylic acids is 1. The number of amides is 1. The molecule has 28 heavy (non-hydrogen) atoms. The lowest BCUT2D eigenvalue weighted by Gasteiger charge is -2.20. The molecule has 0 spiro atoms. The Balaban J connectivity index is 1.52. The van der Waals surface area contributed by atoms with Crippen LogP contribution in [0.5, 0.6) is 0 Å². The molecule has 0 unspecified atom stereocenters. The number of nitrogens with zero attached hydrogens (tertiary/aromatic N) is 2. The first kappa shape index (κ1) is 18.6. The van der Waals surface area contributed by atoms with E-state index in [0.29, 0.717) is 17.1 Å². The molecule has 0 atom stereocenters. The predicted molar refractivity (Wildman–Crippen MR) is 111 cm³/mol. The Morgan fingerprint density at radius 1 is 1.18 bits per heavy atom. The number of carbonyl (C=O) groups is 1. The zero-order valence-corrected chi connectivity index (χ0v) is 16.6. The van der Waals surface area contributed by atoms with Gasteiger partial charge in [0, 0.05) is 29.7 Å². The van der Waals surface area contributed by atoms with Crippen molar-refractivity contribution in [3.63, 3.8) is 0 Å². The Hall–Kier alpha value is -2.73. The number of anilines is 1. The molecule has 2 aromatic carbocycles. The van der Waals surface area contributed by atoms with Gasteiger partial charge in [0.15, 0.2) is 0 Å². The monoisotopic (exact) mass is 395 g/mol. The van der Waals surface area contributed by atoms with Crippen LogP contribution in [0.15, 0.2) is 47.8 Å². The minimum Gasteiger partial charge on any atom is -0.379 e. The smallest absolute Gasteiger partial charge is 0.256 e. The molecule has 3 aromatic rings. The number of aromatic nitrogens is 1. The molecule has 4 nitrogen and oxygen atoms in total. The quantitative estimate of drug-likeness (QED) is 0.653. The van der Waals surface area contributed by atoms with Crippen molar-refractivity contribution in [2.75, 3.05) is 18.4 Å². The molecule has 1 aliphatic heterocycles. The molecular formula is C22H22FN3OS. The fourth-order valence-corrected chi connectivity index (χ4v) is 4.36. The van der Waals surface area contributed by atoms with Crippen LogP contribution in [0.2, 0.25) is 0 Å². The number of benzene rings is 2. The van der Waals surface area contributed by atoms with E-state index in [1.807, 2.05) is 35.4 Å². The molecule has 1 saturated heterocycles. The Morgan fingerprint density at radius 2 is 1.96 bits per heavy atom. The lowest BCUT2D eigenvalue weighted by molar-refractivity contribution is 0.0793. The van der Waals surface area contributed by atoms with Crippen molar-refractivity contribution >= 4 is 22.9 Å². The number of halogens is 1. The van der Waals surface area contributed by atoms with Crippen molar-refractivity contribution in [2.45, 2.75) is 26.3 Å². The second-order valence-corrected chi connectivity index (χ2v) is 7.83. The molecule has 144 valence electrons. The average molecular weight is 396 g/mol. The van der Waals surface area contributed by atoms with Gasteiger partial charge in [0.2, 0.25) is 0 Å². The molecule has 0 saturated carbocycles. The van der Waals surface area contributed by atoms with Crippen LogP contribution in [-0.4, -0.2) is 28.9 Å². The van der Waals surface area contributed by atoms with Gasteiger partial charge in [0.05, 0.1) is 17.8 Å². The lowest BCUT2D eigenvalue weighted by atomic mass is 10.0. The molecule has 1 fully saturated rings. The maximum Gasteiger partial charge on any atom is 0.256 e. The molecule has 0 aliphatic carbocycles. The summed E-state index contributed by atoms with van der Waals surface area (Å²) in [6.45, 7) is 4.09. The molecule has 6 heteroatoms. The van der Waals surface area contributed by atoms with Crippen LogP contribution in [0.1, 0.15) is 34.5 Å². The van der Waals surface area contributed by atoms with E-state index in [-0.39, 0.29) is 11.7 Å². The number of nitrogens with one attached hydrogen (secondary N) is 1. The van der Waals surface area contributed by atoms with Crippen molar-refractivity contribution in [1.29, 1.82) is 0 Å². The average Bonchev–Trinajstić information content (AvgIpc) is 3.38. The fourth-order valence-electron chi connectivity index (χ4n) is 3.51. The van der Waals surface area contributed by atoms with Crippen molar-refractivity contribution in [3.8, 4) is 10.6 Å². The summed E-state index contributed by atoms with van der Waals surface area (Å²) in [6.07, 6.45) is 2.13. The summed E-state index contributed by atoms with van der Waals surface area (Å²) in [5, 5.41) is 5.94. The fraction of sp³-hybridized carbons (Fsp3) is 0.273. The van der Waals surface area contributed by atoms with Crippen molar-refractivity contribution in [2.24, 2.45) is 0 Å². The summed E-state index contributed by atoms with van der Waals surface area (Å²) >= 11 is 1.42. The molecule has 4 rings (SSSR count). The highest BCUT2D eigenvalue weighted by molar-refractivity contribution is 7.13. The first-order chi connectivity index (χ1) is 13.6. The summed E-state index contributed by atoms with van der Waals surface area (Å²) in [4.78, 5) is 19.4. The van der Waals surface area contributed by atoms with Gasteiger partial charge in [-0.2, -0.15) is 0 Å². The largest absolute Gasteiger partial charge is 0.379 e. The van der Waals surface area contributed by atoms with E-state index in [2.05, 4.69) is 10.3 Å². The molecule has 0 bridgehead atoms.